The third kappa shape index (κ3) is 6.75. The molecule has 0 radical (unpaired) electrons. The van der Waals surface area contributed by atoms with Gasteiger partial charge in [-0.25, -0.2) is 0 Å². The SMILES string of the molecule is CCCCO[Si](CC1CCC2OC2C1)(OCCCC)OCCCC. The molecular weight excluding hydrogens is 320 g/mol. The van der Waals surface area contributed by atoms with Gasteiger partial charge in [0.15, 0.2) is 0 Å². The Hall–Kier alpha value is 0.0569. The number of epoxide rings is 1. The van der Waals surface area contributed by atoms with Gasteiger partial charge in [0.25, 0.3) is 0 Å². The second-order valence-corrected chi connectivity index (χ2v) is 10.0. The van der Waals surface area contributed by atoms with Crippen LogP contribution in [0.3, 0.4) is 0 Å². The first-order valence-electron chi connectivity index (χ1n) is 10.3. The Morgan fingerprint density at radius 1 is 0.792 bits per heavy atom. The summed E-state index contributed by atoms with van der Waals surface area (Å²) in [6.07, 6.45) is 11.4. The Morgan fingerprint density at radius 3 is 1.79 bits per heavy atom. The highest BCUT2D eigenvalue weighted by molar-refractivity contribution is 6.60. The monoisotopic (exact) mass is 358 g/mol. The van der Waals surface area contributed by atoms with Gasteiger partial charge in [-0.05, 0) is 44.4 Å². The molecule has 3 atom stereocenters. The molecule has 24 heavy (non-hydrogen) atoms. The summed E-state index contributed by atoms with van der Waals surface area (Å²) in [7, 11) is -2.56. The van der Waals surface area contributed by atoms with Gasteiger partial charge in [0, 0.05) is 25.9 Å². The normalized spacial score (nSPS) is 26.4. The Balaban J connectivity index is 1.94. The predicted octanol–water partition coefficient (Wildman–Crippen LogP) is 4.94. The first-order valence-corrected chi connectivity index (χ1v) is 12.2. The summed E-state index contributed by atoms with van der Waals surface area (Å²) in [5, 5.41) is 0. The fourth-order valence-electron chi connectivity index (χ4n) is 3.44. The average molecular weight is 359 g/mol. The van der Waals surface area contributed by atoms with Crippen LogP contribution in [0.2, 0.25) is 6.04 Å². The van der Waals surface area contributed by atoms with Crippen LogP contribution in [-0.2, 0) is 18.0 Å². The molecule has 1 aliphatic heterocycles. The lowest BCUT2D eigenvalue weighted by atomic mass is 9.91. The van der Waals surface area contributed by atoms with E-state index in [1.54, 1.807) is 0 Å². The van der Waals surface area contributed by atoms with E-state index >= 15 is 0 Å². The summed E-state index contributed by atoms with van der Waals surface area (Å²) < 4.78 is 24.8. The van der Waals surface area contributed by atoms with E-state index in [9.17, 15) is 0 Å². The molecule has 3 unspecified atom stereocenters. The number of hydrogen-bond acceptors (Lipinski definition) is 4. The molecule has 4 nitrogen and oxygen atoms in total. The van der Waals surface area contributed by atoms with E-state index in [1.807, 2.05) is 0 Å². The van der Waals surface area contributed by atoms with Crippen LogP contribution in [0.4, 0.5) is 0 Å². The van der Waals surface area contributed by atoms with Crippen molar-refractivity contribution in [1.82, 2.24) is 0 Å². The standard InChI is InChI=1S/C19H38O4Si/c1-4-7-12-20-24(21-13-8-5-2,22-14-9-6-3)16-17-10-11-18-19(15-17)23-18/h17-19H,4-16H2,1-3H3. The van der Waals surface area contributed by atoms with Crippen LogP contribution < -0.4 is 0 Å². The minimum Gasteiger partial charge on any atom is -0.373 e. The average Bonchev–Trinajstić information content (AvgIpc) is 3.34. The Bertz CT molecular complexity index is 313. The molecule has 0 aromatic heterocycles. The second kappa shape index (κ2) is 10.9. The maximum absolute atomic E-state index is 6.37. The van der Waals surface area contributed by atoms with Crippen molar-refractivity contribution in [3.05, 3.63) is 0 Å². The molecule has 0 spiro atoms. The van der Waals surface area contributed by atoms with E-state index in [2.05, 4.69) is 20.8 Å². The molecule has 5 heteroatoms. The first-order chi connectivity index (χ1) is 11.7. The summed E-state index contributed by atoms with van der Waals surface area (Å²) in [5.41, 5.74) is 0. The molecule has 0 amide bonds. The lowest BCUT2D eigenvalue weighted by molar-refractivity contribution is 0.0511. The molecule has 2 rings (SSSR count). The van der Waals surface area contributed by atoms with Crippen LogP contribution in [0.25, 0.3) is 0 Å². The van der Waals surface area contributed by atoms with Crippen molar-refractivity contribution >= 4 is 8.80 Å². The van der Waals surface area contributed by atoms with Crippen LogP contribution in [-0.4, -0.2) is 40.8 Å². The van der Waals surface area contributed by atoms with E-state index in [4.69, 9.17) is 18.0 Å². The molecular formula is C19H38O4Si. The fraction of sp³-hybridized carbons (Fsp3) is 1.00. The fourth-order valence-corrected chi connectivity index (χ4v) is 6.49. The Labute approximate surface area is 150 Å². The van der Waals surface area contributed by atoms with Crippen LogP contribution in [0.1, 0.15) is 78.6 Å². The lowest BCUT2D eigenvalue weighted by Crippen LogP contribution is -2.48. The molecule has 0 bridgehead atoms. The maximum Gasteiger partial charge on any atom is 0.501 e. The van der Waals surface area contributed by atoms with Crippen molar-refractivity contribution < 1.29 is 18.0 Å². The van der Waals surface area contributed by atoms with E-state index in [1.165, 1.54) is 19.3 Å². The maximum atomic E-state index is 6.37. The van der Waals surface area contributed by atoms with Gasteiger partial charge in [-0.15, -0.1) is 0 Å². The van der Waals surface area contributed by atoms with Crippen molar-refractivity contribution in [3.63, 3.8) is 0 Å². The quantitative estimate of drug-likeness (QED) is 0.250. The van der Waals surface area contributed by atoms with Gasteiger partial charge in [0.1, 0.15) is 0 Å². The summed E-state index contributed by atoms with van der Waals surface area (Å²) >= 11 is 0. The van der Waals surface area contributed by atoms with E-state index in [-0.39, 0.29) is 0 Å². The van der Waals surface area contributed by atoms with Crippen molar-refractivity contribution in [2.24, 2.45) is 5.92 Å². The minimum absolute atomic E-state index is 0.511. The van der Waals surface area contributed by atoms with Crippen LogP contribution in [0.15, 0.2) is 0 Å². The van der Waals surface area contributed by atoms with Gasteiger partial charge < -0.3 is 18.0 Å². The van der Waals surface area contributed by atoms with Crippen molar-refractivity contribution in [1.29, 1.82) is 0 Å². The predicted molar refractivity (Wildman–Crippen MR) is 99.1 cm³/mol. The molecule has 2 fully saturated rings. The number of fused-ring (bicyclic) bond motifs is 1. The third-order valence-corrected chi connectivity index (χ3v) is 8.12. The largest absolute Gasteiger partial charge is 0.501 e. The Morgan fingerprint density at radius 2 is 1.33 bits per heavy atom. The lowest BCUT2D eigenvalue weighted by Gasteiger charge is -2.33. The van der Waals surface area contributed by atoms with Gasteiger partial charge in [-0.1, -0.05) is 40.0 Å². The number of hydrogen-bond donors (Lipinski definition) is 0. The van der Waals surface area contributed by atoms with E-state index in [0.29, 0.717) is 18.1 Å². The van der Waals surface area contributed by atoms with Gasteiger partial charge in [-0.3, -0.25) is 0 Å². The van der Waals surface area contributed by atoms with Crippen LogP contribution in [0, 0.1) is 5.92 Å². The zero-order valence-corrected chi connectivity index (χ0v) is 17.1. The molecule has 1 saturated carbocycles. The van der Waals surface area contributed by atoms with Crippen LogP contribution in [0.5, 0.6) is 0 Å². The number of rotatable bonds is 14. The summed E-state index contributed by atoms with van der Waals surface area (Å²) in [4.78, 5) is 0. The molecule has 2 aliphatic rings. The molecule has 0 aromatic rings. The summed E-state index contributed by atoms with van der Waals surface area (Å²) in [6, 6.07) is 0.983. The molecule has 0 aromatic carbocycles. The highest BCUT2D eigenvalue weighted by atomic mass is 28.4. The Kier molecular flexibility index (Phi) is 9.26. The van der Waals surface area contributed by atoms with Gasteiger partial charge in [0.05, 0.1) is 12.2 Å². The molecule has 0 N–H and O–H groups in total. The van der Waals surface area contributed by atoms with Gasteiger partial charge >= 0.3 is 8.80 Å². The third-order valence-electron chi connectivity index (χ3n) is 5.11. The minimum atomic E-state index is -2.56. The summed E-state index contributed by atoms with van der Waals surface area (Å²) in [6.45, 7) is 8.93. The summed E-state index contributed by atoms with van der Waals surface area (Å²) in [5.74, 6) is 0.644. The number of unbranched alkanes of at least 4 members (excludes halogenated alkanes) is 3. The van der Waals surface area contributed by atoms with Gasteiger partial charge in [-0.2, -0.15) is 0 Å². The smallest absolute Gasteiger partial charge is 0.373 e. The van der Waals surface area contributed by atoms with E-state index in [0.717, 1.165) is 64.4 Å². The highest BCUT2D eigenvalue weighted by Crippen LogP contribution is 2.42. The molecule has 142 valence electrons. The van der Waals surface area contributed by atoms with Crippen molar-refractivity contribution in [2.75, 3.05) is 19.8 Å². The van der Waals surface area contributed by atoms with Gasteiger partial charge in [0.2, 0.25) is 0 Å². The topological polar surface area (TPSA) is 40.2 Å². The first kappa shape index (κ1) is 20.4. The molecule has 1 aliphatic carbocycles. The van der Waals surface area contributed by atoms with Crippen molar-refractivity contribution in [2.45, 2.75) is 96.8 Å². The van der Waals surface area contributed by atoms with Crippen LogP contribution >= 0.6 is 0 Å². The molecule has 1 heterocycles. The van der Waals surface area contributed by atoms with E-state index < -0.39 is 8.80 Å². The zero-order chi connectivity index (χ0) is 17.3. The second-order valence-electron chi connectivity index (χ2n) is 7.39. The zero-order valence-electron chi connectivity index (χ0n) is 16.1. The highest BCUT2D eigenvalue weighted by Gasteiger charge is 2.49. The number of ether oxygens (including phenoxy) is 1. The van der Waals surface area contributed by atoms with Crippen molar-refractivity contribution in [3.8, 4) is 0 Å². The molecule has 1 saturated heterocycles.